The average Bonchev–Trinajstić information content (AvgIpc) is 2.32. The summed E-state index contributed by atoms with van der Waals surface area (Å²) >= 11 is 0. The molecule has 0 saturated carbocycles. The van der Waals surface area contributed by atoms with Gasteiger partial charge in [0.15, 0.2) is 0 Å². The van der Waals surface area contributed by atoms with Gasteiger partial charge in [-0.25, -0.2) is 4.39 Å². The predicted octanol–water partition coefficient (Wildman–Crippen LogP) is 2.97. The quantitative estimate of drug-likeness (QED) is 0.798. The van der Waals surface area contributed by atoms with E-state index in [2.05, 4.69) is 5.32 Å². The van der Waals surface area contributed by atoms with Crippen LogP contribution in [0.25, 0.3) is 0 Å². The molecule has 3 nitrogen and oxygen atoms in total. The van der Waals surface area contributed by atoms with Crippen LogP contribution in [-0.2, 0) is 0 Å². The third-order valence-electron chi connectivity index (χ3n) is 2.53. The van der Waals surface area contributed by atoms with Crippen molar-refractivity contribution in [3.63, 3.8) is 0 Å². The van der Waals surface area contributed by atoms with Crippen LogP contribution in [0.4, 0.5) is 15.8 Å². The molecule has 4 heteroatoms. The smallest absolute Gasteiger partial charge is 0.255 e. The molecule has 3 N–H and O–H groups in total. The molecule has 0 unspecified atom stereocenters. The van der Waals surface area contributed by atoms with Crippen LogP contribution in [0.1, 0.15) is 15.9 Å². The van der Waals surface area contributed by atoms with Crippen molar-refractivity contribution in [2.75, 3.05) is 11.1 Å². The average molecular weight is 244 g/mol. The first-order valence-electron chi connectivity index (χ1n) is 5.49. The minimum Gasteiger partial charge on any atom is -0.396 e. The number of aryl methyl sites for hydroxylation is 1. The number of rotatable bonds is 2. The van der Waals surface area contributed by atoms with Crippen LogP contribution in [0.5, 0.6) is 0 Å². The molecule has 92 valence electrons. The highest BCUT2D eigenvalue weighted by Crippen LogP contribution is 2.15. The Morgan fingerprint density at radius 3 is 2.67 bits per heavy atom. The largest absolute Gasteiger partial charge is 0.396 e. The molecule has 2 aromatic carbocycles. The van der Waals surface area contributed by atoms with Gasteiger partial charge in [-0.3, -0.25) is 4.79 Å². The lowest BCUT2D eigenvalue weighted by Crippen LogP contribution is -2.12. The molecule has 1 amide bonds. The van der Waals surface area contributed by atoms with Crippen molar-refractivity contribution in [3.8, 4) is 0 Å². The summed E-state index contributed by atoms with van der Waals surface area (Å²) in [6, 6.07) is 11.3. The summed E-state index contributed by atoms with van der Waals surface area (Å²) in [7, 11) is 0. The summed E-state index contributed by atoms with van der Waals surface area (Å²) in [6.07, 6.45) is 0. The number of nitrogen functional groups attached to an aromatic ring is 1. The lowest BCUT2D eigenvalue weighted by Gasteiger charge is -2.06. The Hall–Kier alpha value is -2.36. The summed E-state index contributed by atoms with van der Waals surface area (Å²) in [4.78, 5) is 11.9. The zero-order valence-electron chi connectivity index (χ0n) is 9.91. The number of carbonyl (C=O) groups excluding carboxylic acids is 1. The van der Waals surface area contributed by atoms with Gasteiger partial charge in [0.05, 0.1) is 5.69 Å². The molecule has 2 aromatic rings. The second-order valence-electron chi connectivity index (χ2n) is 4.06. The van der Waals surface area contributed by atoms with Crippen LogP contribution in [-0.4, -0.2) is 5.91 Å². The van der Waals surface area contributed by atoms with Crippen LogP contribution in [0, 0.1) is 12.7 Å². The Morgan fingerprint density at radius 2 is 2.00 bits per heavy atom. The van der Waals surface area contributed by atoms with Gasteiger partial charge < -0.3 is 11.1 Å². The predicted molar refractivity (Wildman–Crippen MR) is 69.9 cm³/mol. The number of benzene rings is 2. The third-order valence-corrected chi connectivity index (χ3v) is 2.53. The van der Waals surface area contributed by atoms with E-state index in [1.54, 1.807) is 6.07 Å². The summed E-state index contributed by atoms with van der Waals surface area (Å²) in [5, 5.41) is 2.73. The Balaban J connectivity index is 2.19. The molecule has 0 aliphatic carbocycles. The monoisotopic (exact) mass is 244 g/mol. The Labute approximate surface area is 104 Å². The molecule has 0 aliphatic heterocycles. The van der Waals surface area contributed by atoms with Gasteiger partial charge in [0.1, 0.15) is 5.82 Å². The second kappa shape index (κ2) is 4.87. The fraction of sp³-hybridized carbons (Fsp3) is 0.0714. The van der Waals surface area contributed by atoms with E-state index in [4.69, 9.17) is 5.73 Å². The molecule has 0 atom stereocenters. The van der Waals surface area contributed by atoms with Crippen molar-refractivity contribution in [1.82, 2.24) is 0 Å². The van der Waals surface area contributed by atoms with Crippen molar-refractivity contribution in [2.45, 2.75) is 6.92 Å². The number of amides is 1. The number of hydrogen-bond donors (Lipinski definition) is 2. The maximum atomic E-state index is 13.0. The molecule has 18 heavy (non-hydrogen) atoms. The van der Waals surface area contributed by atoms with Crippen LogP contribution in [0.15, 0.2) is 42.5 Å². The fourth-order valence-electron chi connectivity index (χ4n) is 1.61. The van der Waals surface area contributed by atoms with E-state index in [9.17, 15) is 9.18 Å². The van der Waals surface area contributed by atoms with E-state index in [0.29, 0.717) is 11.3 Å². The highest BCUT2D eigenvalue weighted by molar-refractivity contribution is 6.04. The van der Waals surface area contributed by atoms with Gasteiger partial charge in [-0.2, -0.15) is 0 Å². The lowest BCUT2D eigenvalue weighted by atomic mass is 10.1. The standard InChI is InChI=1S/C14H13FN2O/c1-9-3-2-4-11(7-9)17-14(18)10-5-6-12(15)13(16)8-10/h2-8H,16H2,1H3,(H,17,18). The molecule has 2 rings (SSSR count). The number of anilines is 2. The van der Waals surface area contributed by atoms with Gasteiger partial charge in [0.25, 0.3) is 5.91 Å². The molecule has 0 spiro atoms. The molecule has 0 aromatic heterocycles. The van der Waals surface area contributed by atoms with Crippen LogP contribution < -0.4 is 11.1 Å². The van der Waals surface area contributed by atoms with Gasteiger partial charge >= 0.3 is 0 Å². The molecule has 0 heterocycles. The molecule has 0 bridgehead atoms. The zero-order chi connectivity index (χ0) is 13.1. The van der Waals surface area contributed by atoms with E-state index in [0.717, 1.165) is 5.56 Å². The van der Waals surface area contributed by atoms with Gasteiger partial charge in [0.2, 0.25) is 0 Å². The number of nitrogens with two attached hydrogens (primary N) is 1. The number of carbonyl (C=O) groups is 1. The molecular weight excluding hydrogens is 231 g/mol. The number of nitrogens with one attached hydrogen (secondary N) is 1. The maximum absolute atomic E-state index is 13.0. The fourth-order valence-corrected chi connectivity index (χ4v) is 1.61. The van der Waals surface area contributed by atoms with Crippen molar-refractivity contribution >= 4 is 17.3 Å². The SMILES string of the molecule is Cc1cccc(NC(=O)c2ccc(F)c(N)c2)c1. The third kappa shape index (κ3) is 2.66. The second-order valence-corrected chi connectivity index (χ2v) is 4.06. The molecule has 0 radical (unpaired) electrons. The summed E-state index contributed by atoms with van der Waals surface area (Å²) < 4.78 is 13.0. The van der Waals surface area contributed by atoms with Gasteiger partial charge in [-0.1, -0.05) is 12.1 Å². The number of halogens is 1. The topological polar surface area (TPSA) is 55.1 Å². The van der Waals surface area contributed by atoms with Crippen LogP contribution in [0.3, 0.4) is 0 Å². The lowest BCUT2D eigenvalue weighted by molar-refractivity contribution is 0.102. The highest BCUT2D eigenvalue weighted by atomic mass is 19.1. The van der Waals surface area contributed by atoms with Gasteiger partial charge in [-0.05, 0) is 42.8 Å². The Morgan fingerprint density at radius 1 is 1.22 bits per heavy atom. The van der Waals surface area contributed by atoms with Crippen LogP contribution in [0.2, 0.25) is 0 Å². The first-order chi connectivity index (χ1) is 8.56. The maximum Gasteiger partial charge on any atom is 0.255 e. The van der Waals surface area contributed by atoms with Crippen molar-refractivity contribution in [1.29, 1.82) is 0 Å². The van der Waals surface area contributed by atoms with Crippen molar-refractivity contribution in [3.05, 3.63) is 59.4 Å². The summed E-state index contributed by atoms with van der Waals surface area (Å²) in [5.41, 5.74) is 7.46. The minimum atomic E-state index is -0.526. The van der Waals surface area contributed by atoms with Crippen molar-refractivity contribution in [2.24, 2.45) is 0 Å². The minimum absolute atomic E-state index is 0.0353. The normalized spacial score (nSPS) is 10.1. The van der Waals surface area contributed by atoms with Crippen LogP contribution >= 0.6 is 0 Å². The number of hydrogen-bond acceptors (Lipinski definition) is 2. The molecule has 0 aliphatic rings. The van der Waals surface area contributed by atoms with E-state index in [1.807, 2.05) is 25.1 Å². The molecule has 0 fully saturated rings. The molecular formula is C14H13FN2O. The Kier molecular flexibility index (Phi) is 3.28. The van der Waals surface area contributed by atoms with Gasteiger partial charge in [-0.15, -0.1) is 0 Å². The first kappa shape index (κ1) is 12.1. The zero-order valence-corrected chi connectivity index (χ0v) is 9.91. The Bertz CT molecular complexity index is 596. The van der Waals surface area contributed by atoms with E-state index < -0.39 is 5.82 Å². The van der Waals surface area contributed by atoms with Crippen molar-refractivity contribution < 1.29 is 9.18 Å². The van der Waals surface area contributed by atoms with E-state index in [-0.39, 0.29) is 11.6 Å². The molecule has 0 saturated heterocycles. The summed E-state index contributed by atoms with van der Waals surface area (Å²) in [6.45, 7) is 1.94. The van der Waals surface area contributed by atoms with Gasteiger partial charge in [0, 0.05) is 11.3 Å². The van der Waals surface area contributed by atoms with E-state index in [1.165, 1.54) is 18.2 Å². The first-order valence-corrected chi connectivity index (χ1v) is 5.49. The van der Waals surface area contributed by atoms with E-state index >= 15 is 0 Å². The highest BCUT2D eigenvalue weighted by Gasteiger charge is 2.08. The summed E-state index contributed by atoms with van der Waals surface area (Å²) in [5.74, 6) is -0.839.